The SMILES string of the molecule is C[C@H](NC(=O)NCc1cnn(-c2ccccc2)c1)[C@@H]1CCCO1. The van der Waals surface area contributed by atoms with Crippen LogP contribution in [0.1, 0.15) is 25.3 Å². The molecule has 122 valence electrons. The summed E-state index contributed by atoms with van der Waals surface area (Å²) in [6, 6.07) is 9.71. The molecule has 1 saturated heterocycles. The lowest BCUT2D eigenvalue weighted by molar-refractivity contribution is 0.0860. The summed E-state index contributed by atoms with van der Waals surface area (Å²) < 4.78 is 7.37. The van der Waals surface area contributed by atoms with Crippen molar-refractivity contribution in [3.05, 3.63) is 48.3 Å². The number of nitrogens with one attached hydrogen (secondary N) is 2. The van der Waals surface area contributed by atoms with Gasteiger partial charge in [-0.25, -0.2) is 9.48 Å². The van der Waals surface area contributed by atoms with Gasteiger partial charge in [0.05, 0.1) is 24.0 Å². The molecule has 0 unspecified atom stereocenters. The molecule has 0 spiro atoms. The summed E-state index contributed by atoms with van der Waals surface area (Å²) in [7, 11) is 0. The van der Waals surface area contributed by atoms with Crippen LogP contribution < -0.4 is 10.6 Å². The van der Waals surface area contributed by atoms with Gasteiger partial charge in [0.25, 0.3) is 0 Å². The maximum atomic E-state index is 12.0. The van der Waals surface area contributed by atoms with E-state index >= 15 is 0 Å². The fourth-order valence-electron chi connectivity index (χ4n) is 2.70. The molecule has 0 radical (unpaired) electrons. The van der Waals surface area contributed by atoms with Gasteiger partial charge in [0.1, 0.15) is 0 Å². The third-order valence-corrected chi connectivity index (χ3v) is 3.99. The van der Waals surface area contributed by atoms with Crippen molar-refractivity contribution in [2.45, 2.75) is 38.5 Å². The standard InChI is InChI=1S/C17H22N4O2/c1-13(16-8-5-9-23-16)20-17(22)18-10-14-11-19-21(12-14)15-6-3-2-4-7-15/h2-4,6-7,11-13,16H,5,8-10H2,1H3,(H2,18,20,22)/t13-,16-/m0/s1. The molecule has 0 bridgehead atoms. The number of hydrogen-bond donors (Lipinski definition) is 2. The van der Waals surface area contributed by atoms with Gasteiger partial charge in [0.15, 0.2) is 0 Å². The zero-order chi connectivity index (χ0) is 16.1. The van der Waals surface area contributed by atoms with E-state index in [4.69, 9.17) is 4.74 Å². The third kappa shape index (κ3) is 4.10. The van der Waals surface area contributed by atoms with E-state index in [9.17, 15) is 4.79 Å². The van der Waals surface area contributed by atoms with Crippen LogP contribution in [0.3, 0.4) is 0 Å². The Kier molecular flexibility index (Phi) is 4.92. The zero-order valence-electron chi connectivity index (χ0n) is 13.2. The van der Waals surface area contributed by atoms with Crippen molar-refractivity contribution in [3.63, 3.8) is 0 Å². The molecule has 23 heavy (non-hydrogen) atoms. The lowest BCUT2D eigenvalue weighted by atomic mass is 10.1. The second-order valence-electron chi connectivity index (χ2n) is 5.80. The number of hydrogen-bond acceptors (Lipinski definition) is 3. The van der Waals surface area contributed by atoms with Crippen molar-refractivity contribution in [1.82, 2.24) is 20.4 Å². The number of para-hydroxylation sites is 1. The first kappa shape index (κ1) is 15.6. The van der Waals surface area contributed by atoms with E-state index in [0.29, 0.717) is 6.54 Å². The first-order chi connectivity index (χ1) is 11.2. The lowest BCUT2D eigenvalue weighted by Gasteiger charge is -2.20. The monoisotopic (exact) mass is 314 g/mol. The first-order valence-corrected chi connectivity index (χ1v) is 7.97. The molecule has 1 aliphatic heterocycles. The van der Waals surface area contributed by atoms with Gasteiger partial charge in [-0.05, 0) is 31.9 Å². The van der Waals surface area contributed by atoms with Crippen molar-refractivity contribution in [1.29, 1.82) is 0 Å². The molecule has 1 aromatic carbocycles. The fourth-order valence-corrected chi connectivity index (χ4v) is 2.70. The van der Waals surface area contributed by atoms with Gasteiger partial charge in [0, 0.05) is 24.9 Å². The molecule has 2 atom stereocenters. The number of carbonyl (C=O) groups is 1. The predicted molar refractivity (Wildman–Crippen MR) is 87.4 cm³/mol. The number of amides is 2. The van der Waals surface area contributed by atoms with Gasteiger partial charge in [-0.2, -0.15) is 5.10 Å². The largest absolute Gasteiger partial charge is 0.376 e. The summed E-state index contributed by atoms with van der Waals surface area (Å²) in [4.78, 5) is 12.0. The normalized spacial score (nSPS) is 18.6. The Morgan fingerprint density at radius 1 is 1.43 bits per heavy atom. The average molecular weight is 314 g/mol. The number of urea groups is 1. The Labute approximate surface area is 135 Å². The smallest absolute Gasteiger partial charge is 0.315 e. The van der Waals surface area contributed by atoms with E-state index in [0.717, 1.165) is 30.7 Å². The van der Waals surface area contributed by atoms with Crippen molar-refractivity contribution in [3.8, 4) is 5.69 Å². The zero-order valence-corrected chi connectivity index (χ0v) is 13.2. The summed E-state index contributed by atoms with van der Waals surface area (Å²) in [6.07, 6.45) is 5.87. The Bertz CT molecular complexity index is 635. The second kappa shape index (κ2) is 7.28. The van der Waals surface area contributed by atoms with Crippen LogP contribution in [0, 0.1) is 0 Å². The van der Waals surface area contributed by atoms with Crippen LogP contribution in [0.25, 0.3) is 5.69 Å². The van der Waals surface area contributed by atoms with Crippen molar-refractivity contribution in [2.24, 2.45) is 0 Å². The maximum absolute atomic E-state index is 12.0. The quantitative estimate of drug-likeness (QED) is 0.889. The minimum absolute atomic E-state index is 0.0181. The van der Waals surface area contributed by atoms with E-state index in [1.165, 1.54) is 0 Å². The summed E-state index contributed by atoms with van der Waals surface area (Å²) in [6.45, 7) is 3.21. The highest BCUT2D eigenvalue weighted by atomic mass is 16.5. The van der Waals surface area contributed by atoms with Crippen LogP contribution in [0.5, 0.6) is 0 Å². The summed E-state index contributed by atoms with van der Waals surface area (Å²) in [5.74, 6) is 0. The molecule has 0 saturated carbocycles. The lowest BCUT2D eigenvalue weighted by Crippen LogP contribution is -2.45. The average Bonchev–Trinajstić information content (AvgIpc) is 3.25. The van der Waals surface area contributed by atoms with Gasteiger partial charge >= 0.3 is 6.03 Å². The van der Waals surface area contributed by atoms with Gasteiger partial charge in [-0.1, -0.05) is 18.2 Å². The maximum Gasteiger partial charge on any atom is 0.315 e. The molecule has 6 heteroatoms. The molecular weight excluding hydrogens is 292 g/mol. The van der Waals surface area contributed by atoms with Crippen molar-refractivity contribution in [2.75, 3.05) is 6.61 Å². The molecule has 2 amide bonds. The van der Waals surface area contributed by atoms with Crippen LogP contribution in [0.2, 0.25) is 0 Å². The van der Waals surface area contributed by atoms with E-state index in [-0.39, 0.29) is 18.2 Å². The van der Waals surface area contributed by atoms with Crippen molar-refractivity contribution < 1.29 is 9.53 Å². The van der Waals surface area contributed by atoms with Gasteiger partial charge in [-0.15, -0.1) is 0 Å². The molecule has 6 nitrogen and oxygen atoms in total. The number of nitrogens with zero attached hydrogens (tertiary/aromatic N) is 2. The van der Waals surface area contributed by atoms with E-state index in [1.54, 1.807) is 10.9 Å². The van der Waals surface area contributed by atoms with Gasteiger partial charge < -0.3 is 15.4 Å². The molecule has 2 aromatic rings. The molecule has 1 fully saturated rings. The molecule has 3 rings (SSSR count). The number of ether oxygens (including phenoxy) is 1. The second-order valence-corrected chi connectivity index (χ2v) is 5.80. The van der Waals surface area contributed by atoms with Crippen molar-refractivity contribution >= 4 is 6.03 Å². The highest BCUT2D eigenvalue weighted by Gasteiger charge is 2.23. The van der Waals surface area contributed by atoms with Crippen LogP contribution in [0.15, 0.2) is 42.7 Å². The Hall–Kier alpha value is -2.34. The molecule has 2 heterocycles. The predicted octanol–water partition coefficient (Wildman–Crippen LogP) is 2.24. The van der Waals surface area contributed by atoms with Crippen LogP contribution >= 0.6 is 0 Å². The van der Waals surface area contributed by atoms with E-state index < -0.39 is 0 Å². The van der Waals surface area contributed by atoms with E-state index in [2.05, 4.69) is 15.7 Å². The summed E-state index contributed by atoms with van der Waals surface area (Å²) >= 11 is 0. The minimum Gasteiger partial charge on any atom is -0.376 e. The number of aromatic nitrogens is 2. The van der Waals surface area contributed by atoms with Crippen LogP contribution in [-0.4, -0.2) is 34.6 Å². The third-order valence-electron chi connectivity index (χ3n) is 3.99. The topological polar surface area (TPSA) is 68.2 Å². The molecule has 1 aliphatic rings. The molecule has 2 N–H and O–H groups in total. The fraction of sp³-hybridized carbons (Fsp3) is 0.412. The van der Waals surface area contributed by atoms with E-state index in [1.807, 2.05) is 43.5 Å². The summed E-state index contributed by atoms with van der Waals surface area (Å²) in [5, 5.41) is 10.1. The number of carbonyl (C=O) groups excluding carboxylic acids is 1. The number of benzene rings is 1. The Balaban J connectivity index is 1.48. The van der Waals surface area contributed by atoms with Gasteiger partial charge in [-0.3, -0.25) is 0 Å². The Morgan fingerprint density at radius 2 is 2.26 bits per heavy atom. The van der Waals surface area contributed by atoms with Crippen LogP contribution in [-0.2, 0) is 11.3 Å². The highest BCUT2D eigenvalue weighted by molar-refractivity contribution is 5.74. The Morgan fingerprint density at radius 3 is 3.00 bits per heavy atom. The first-order valence-electron chi connectivity index (χ1n) is 7.97. The molecule has 0 aliphatic carbocycles. The van der Waals surface area contributed by atoms with Gasteiger partial charge in [0.2, 0.25) is 0 Å². The summed E-state index contributed by atoms with van der Waals surface area (Å²) in [5.41, 5.74) is 1.95. The highest BCUT2D eigenvalue weighted by Crippen LogP contribution is 2.15. The van der Waals surface area contributed by atoms with Crippen LogP contribution in [0.4, 0.5) is 4.79 Å². The minimum atomic E-state index is -0.180. The number of rotatable bonds is 5. The molecule has 1 aromatic heterocycles. The molecular formula is C17H22N4O2.